The Hall–Kier alpha value is -3.90. The van der Waals surface area contributed by atoms with E-state index in [4.69, 9.17) is 5.73 Å². The van der Waals surface area contributed by atoms with Crippen LogP contribution in [0.3, 0.4) is 0 Å². The van der Waals surface area contributed by atoms with Gasteiger partial charge in [0.2, 0.25) is 0 Å². The molecule has 0 radical (unpaired) electrons. The first-order valence-corrected chi connectivity index (χ1v) is 12.3. The minimum absolute atomic E-state index is 0.227. The van der Waals surface area contributed by atoms with Crippen LogP contribution in [0.5, 0.6) is 0 Å². The van der Waals surface area contributed by atoms with Crippen LogP contribution >= 0.6 is 0 Å². The predicted octanol–water partition coefficient (Wildman–Crippen LogP) is 5.28. The minimum Gasteiger partial charge on any atom is -0.393 e. The van der Waals surface area contributed by atoms with E-state index in [0.717, 1.165) is 44.1 Å². The highest BCUT2D eigenvalue weighted by Crippen LogP contribution is 2.33. The predicted molar refractivity (Wildman–Crippen MR) is 144 cm³/mol. The van der Waals surface area contributed by atoms with Gasteiger partial charge in [-0.15, -0.1) is 0 Å². The van der Waals surface area contributed by atoms with E-state index in [1.165, 1.54) is 16.7 Å². The van der Waals surface area contributed by atoms with Gasteiger partial charge in [0.05, 0.1) is 6.04 Å². The highest BCUT2D eigenvalue weighted by atomic mass is 15.3. The molecule has 4 aromatic rings. The summed E-state index contributed by atoms with van der Waals surface area (Å²) in [6.45, 7) is 5.68. The summed E-state index contributed by atoms with van der Waals surface area (Å²) < 4.78 is 0. The molecule has 2 heterocycles. The summed E-state index contributed by atoms with van der Waals surface area (Å²) in [5.41, 5.74) is 12.1. The maximum atomic E-state index is 6.59. The molecule has 5 rings (SSSR count). The molecule has 1 fully saturated rings. The van der Waals surface area contributed by atoms with Crippen LogP contribution in [0.15, 0.2) is 91.3 Å². The molecule has 0 aliphatic carbocycles. The number of nitrogens with one attached hydrogen (secondary N) is 1. The Kier molecular flexibility index (Phi) is 6.91. The summed E-state index contributed by atoms with van der Waals surface area (Å²) in [6.07, 6.45) is 2.54. The number of aromatic nitrogens is 2. The zero-order valence-electron chi connectivity index (χ0n) is 20.1. The van der Waals surface area contributed by atoms with Crippen molar-refractivity contribution in [3.63, 3.8) is 0 Å². The van der Waals surface area contributed by atoms with E-state index in [0.29, 0.717) is 11.5 Å². The third-order valence-electron chi connectivity index (χ3n) is 6.72. The van der Waals surface area contributed by atoms with Gasteiger partial charge in [-0.2, -0.15) is 0 Å². The molecule has 1 aromatic heterocycles. The van der Waals surface area contributed by atoms with Crippen LogP contribution in [0, 0.1) is 0 Å². The van der Waals surface area contributed by atoms with Crippen LogP contribution in [0.4, 0.5) is 23.0 Å². The number of rotatable bonds is 7. The summed E-state index contributed by atoms with van der Waals surface area (Å²) in [4.78, 5) is 13.8. The van der Waals surface area contributed by atoms with Crippen molar-refractivity contribution in [2.24, 2.45) is 0 Å². The second-order valence-electron chi connectivity index (χ2n) is 8.84. The van der Waals surface area contributed by atoms with E-state index >= 15 is 0 Å². The molecule has 6 heteroatoms. The molecule has 0 bridgehead atoms. The van der Waals surface area contributed by atoms with Crippen molar-refractivity contribution in [3.05, 3.63) is 108 Å². The topological polar surface area (TPSA) is 70.3 Å². The number of aryl methyl sites for hydroxylation is 1. The monoisotopic (exact) mass is 464 g/mol. The Morgan fingerprint density at radius 3 is 2.03 bits per heavy atom. The lowest BCUT2D eigenvalue weighted by molar-refractivity contribution is 0.212. The van der Waals surface area contributed by atoms with Crippen molar-refractivity contribution in [2.75, 3.05) is 42.1 Å². The van der Waals surface area contributed by atoms with Gasteiger partial charge in [-0.05, 0) is 29.2 Å². The fourth-order valence-electron chi connectivity index (χ4n) is 4.89. The fraction of sp³-hybridized carbons (Fsp3) is 0.241. The Morgan fingerprint density at radius 1 is 0.800 bits per heavy atom. The number of nitrogens with zero attached hydrogens (tertiary/aromatic N) is 4. The molecule has 1 saturated heterocycles. The van der Waals surface area contributed by atoms with Gasteiger partial charge >= 0.3 is 0 Å². The summed E-state index contributed by atoms with van der Waals surface area (Å²) in [7, 11) is 0. The van der Waals surface area contributed by atoms with Crippen LogP contribution in [0.2, 0.25) is 0 Å². The second-order valence-corrected chi connectivity index (χ2v) is 8.84. The lowest BCUT2D eigenvalue weighted by Gasteiger charge is -2.40. The van der Waals surface area contributed by atoms with E-state index in [9.17, 15) is 0 Å². The fourth-order valence-corrected chi connectivity index (χ4v) is 4.89. The van der Waals surface area contributed by atoms with E-state index in [2.05, 4.69) is 111 Å². The number of para-hydroxylation sites is 1. The number of benzene rings is 3. The zero-order valence-corrected chi connectivity index (χ0v) is 20.1. The number of piperazine rings is 1. The average Bonchev–Trinajstić information content (AvgIpc) is 2.92. The molecule has 178 valence electrons. The molecule has 0 saturated carbocycles. The molecule has 6 nitrogen and oxygen atoms in total. The van der Waals surface area contributed by atoms with Crippen molar-refractivity contribution in [1.29, 1.82) is 0 Å². The summed E-state index contributed by atoms with van der Waals surface area (Å²) in [5.74, 6) is 1.46. The van der Waals surface area contributed by atoms with Crippen LogP contribution in [-0.4, -0.2) is 41.0 Å². The van der Waals surface area contributed by atoms with Crippen molar-refractivity contribution < 1.29 is 0 Å². The largest absolute Gasteiger partial charge is 0.393 e. The van der Waals surface area contributed by atoms with E-state index in [1.54, 1.807) is 6.33 Å². The molecule has 3 N–H and O–H groups in total. The van der Waals surface area contributed by atoms with Gasteiger partial charge in [-0.3, -0.25) is 4.90 Å². The van der Waals surface area contributed by atoms with Crippen LogP contribution in [0.25, 0.3) is 0 Å². The number of nitrogen functional groups attached to an aromatic ring is 1. The van der Waals surface area contributed by atoms with Gasteiger partial charge in [-0.25, -0.2) is 9.97 Å². The molecular weight excluding hydrogens is 432 g/mol. The van der Waals surface area contributed by atoms with Gasteiger partial charge < -0.3 is 16.0 Å². The third kappa shape index (κ3) is 4.98. The van der Waals surface area contributed by atoms with Crippen LogP contribution in [0.1, 0.15) is 29.7 Å². The lowest BCUT2D eigenvalue weighted by Crippen LogP contribution is -2.48. The average molecular weight is 465 g/mol. The van der Waals surface area contributed by atoms with E-state index in [1.807, 2.05) is 6.07 Å². The van der Waals surface area contributed by atoms with Crippen molar-refractivity contribution in [1.82, 2.24) is 14.9 Å². The maximum absolute atomic E-state index is 6.59. The molecule has 1 aliphatic heterocycles. The lowest BCUT2D eigenvalue weighted by atomic mass is 9.96. The van der Waals surface area contributed by atoms with Crippen molar-refractivity contribution in [2.45, 2.75) is 19.4 Å². The molecule has 0 amide bonds. The van der Waals surface area contributed by atoms with Crippen molar-refractivity contribution >= 4 is 23.0 Å². The van der Waals surface area contributed by atoms with Gasteiger partial charge in [0.1, 0.15) is 12.0 Å². The molecular formula is C29H32N6. The van der Waals surface area contributed by atoms with Crippen LogP contribution in [-0.2, 0) is 6.42 Å². The summed E-state index contributed by atoms with van der Waals surface area (Å²) in [5, 5.41) is 3.43. The molecule has 35 heavy (non-hydrogen) atoms. The smallest absolute Gasteiger partial charge is 0.159 e. The Balaban J connectivity index is 1.34. The second kappa shape index (κ2) is 10.6. The SMILES string of the molecule is CCc1ccccc1Nc1ncnc(N2CCN(C(c3ccccc3)c3ccccc3)CC2)c1N. The summed E-state index contributed by atoms with van der Waals surface area (Å²) >= 11 is 0. The quantitative estimate of drug-likeness (QED) is 0.388. The molecule has 0 unspecified atom stereocenters. The Labute approximate surface area is 207 Å². The standard InChI is InChI=1S/C29H32N6/c1-2-22-11-9-10-16-25(22)33-28-26(30)29(32-21-31-28)35-19-17-34(18-20-35)27(23-12-5-3-6-13-23)24-14-7-4-8-15-24/h3-16,21,27H,2,17-20,30H2,1H3,(H,31,32,33). The highest BCUT2D eigenvalue weighted by molar-refractivity contribution is 5.79. The van der Waals surface area contributed by atoms with Gasteiger partial charge in [0.25, 0.3) is 0 Å². The number of anilines is 4. The van der Waals surface area contributed by atoms with Crippen LogP contribution < -0.4 is 16.0 Å². The van der Waals surface area contributed by atoms with Gasteiger partial charge in [0, 0.05) is 31.9 Å². The van der Waals surface area contributed by atoms with Crippen molar-refractivity contribution in [3.8, 4) is 0 Å². The maximum Gasteiger partial charge on any atom is 0.159 e. The number of hydrogen-bond donors (Lipinski definition) is 2. The summed E-state index contributed by atoms with van der Waals surface area (Å²) in [6, 6.07) is 30.0. The first kappa shape index (κ1) is 22.9. The van der Waals surface area contributed by atoms with Gasteiger partial charge in [-0.1, -0.05) is 85.8 Å². The highest BCUT2D eigenvalue weighted by Gasteiger charge is 2.28. The Bertz CT molecular complexity index is 1200. The first-order chi connectivity index (χ1) is 17.2. The number of hydrogen-bond acceptors (Lipinski definition) is 6. The Morgan fingerprint density at radius 2 is 1.40 bits per heavy atom. The third-order valence-corrected chi connectivity index (χ3v) is 6.72. The van der Waals surface area contributed by atoms with Gasteiger partial charge in [0.15, 0.2) is 11.6 Å². The molecule has 0 spiro atoms. The molecule has 3 aromatic carbocycles. The number of nitrogens with two attached hydrogens (primary N) is 1. The molecule has 1 aliphatic rings. The zero-order chi connectivity index (χ0) is 24.0. The minimum atomic E-state index is 0.227. The van der Waals surface area contributed by atoms with E-state index in [-0.39, 0.29) is 6.04 Å². The normalized spacial score (nSPS) is 14.3. The first-order valence-electron chi connectivity index (χ1n) is 12.3. The molecule has 0 atom stereocenters. The van der Waals surface area contributed by atoms with E-state index < -0.39 is 0 Å².